The Hall–Kier alpha value is -6.84. The summed E-state index contributed by atoms with van der Waals surface area (Å²) in [6.45, 7) is 21.0. The van der Waals surface area contributed by atoms with Crippen molar-refractivity contribution in [1.29, 1.82) is 5.26 Å². The smallest absolute Gasteiger partial charge is 0.354 e. The van der Waals surface area contributed by atoms with Crippen LogP contribution in [0, 0.1) is 37.7 Å². The Balaban J connectivity index is 0.000000197. The standard InChI is InChI=1S/C23H32N2O4.C16H18Cl2N2O4.C16H17N3O5S.C7H3I2NO/c1-7-16-13-15(3)14-17(8-2)18(16)19-20(26)24-9-11-28-12-10-25(24)21(19)29-22(27)23(4,5)6;1-4-23-14(21)12-9-16(3,15(22)24-5-2)20(19-12)13-7-6-10(17)8-11(13)18;1-9-10(15(20)11-8-17-19(2)16(11)21)4-5-13(25(3,22)23)14(9)12-6-7-24-18-12;8-5-1-4(3-10)2-6(9)7(5)11/h13-14H,7-12H2,1-6H3;6-8H,4-5,9H2,1-3H3;4-5,8,17H,6-7H2,1-3H3;1-2,11H. The van der Waals surface area contributed by atoms with E-state index >= 15 is 0 Å². The van der Waals surface area contributed by atoms with Gasteiger partial charge in [0.25, 0.3) is 11.1 Å². The number of nitriles is 1. The molecule has 1 unspecified atom stereocenters. The number of nitrogens with one attached hydrogen (secondary N) is 1. The summed E-state index contributed by atoms with van der Waals surface area (Å²) in [5.41, 5.74) is 5.08. The molecule has 3 aliphatic heterocycles. The molecule has 22 nitrogen and oxygen atoms in total. The first kappa shape index (κ1) is 71.2. The summed E-state index contributed by atoms with van der Waals surface area (Å²) in [6, 6.07) is 17.2. The molecule has 1 atom stereocenters. The minimum absolute atomic E-state index is 0.00623. The number of hydrazone groups is 1. The molecule has 0 saturated heterocycles. The number of nitrogens with zero attached hydrogens (tertiary/aromatic N) is 7. The number of hydrogen-bond donors (Lipinski definition) is 2. The van der Waals surface area contributed by atoms with Crippen LogP contribution in [0.1, 0.15) is 118 Å². The van der Waals surface area contributed by atoms with Crippen LogP contribution < -0.4 is 20.9 Å². The summed E-state index contributed by atoms with van der Waals surface area (Å²) in [4.78, 5) is 80.7. The van der Waals surface area contributed by atoms with Crippen LogP contribution in [0.15, 0.2) is 85.5 Å². The van der Waals surface area contributed by atoms with Crippen molar-refractivity contribution in [2.75, 3.05) is 44.3 Å². The number of oxime groups is 1. The van der Waals surface area contributed by atoms with Crippen LogP contribution in [-0.4, -0.2) is 113 Å². The van der Waals surface area contributed by atoms with E-state index in [-0.39, 0.29) is 58.6 Å². The molecular weight excluding hydrogens is 1440 g/mol. The number of sulfone groups is 1. The molecule has 0 bridgehead atoms. The molecule has 9 rings (SSSR count). The highest BCUT2D eigenvalue weighted by Gasteiger charge is 2.49. The van der Waals surface area contributed by atoms with Crippen molar-refractivity contribution in [2.24, 2.45) is 22.7 Å². The monoisotopic (exact) mass is 1510 g/mol. The first-order chi connectivity index (χ1) is 41.9. The Bertz CT molecular complexity index is 4020. The highest BCUT2D eigenvalue weighted by atomic mass is 127. The third kappa shape index (κ3) is 16.4. The van der Waals surface area contributed by atoms with Crippen LogP contribution in [0.25, 0.3) is 11.1 Å². The zero-order valence-electron chi connectivity index (χ0n) is 51.4. The molecule has 0 fully saturated rings. The number of ketones is 1. The van der Waals surface area contributed by atoms with Crippen molar-refractivity contribution >= 4 is 119 Å². The number of anilines is 1. The Morgan fingerprint density at radius 3 is 1.99 bits per heavy atom. The van der Waals surface area contributed by atoms with Crippen LogP contribution in [0.5, 0.6) is 11.6 Å². The van der Waals surface area contributed by atoms with Crippen molar-refractivity contribution in [2.45, 2.75) is 118 Å². The Morgan fingerprint density at radius 2 is 1.47 bits per heavy atom. The maximum atomic E-state index is 13.5. The fourth-order valence-corrected chi connectivity index (χ4v) is 12.9. The molecule has 0 spiro atoms. The van der Waals surface area contributed by atoms with Gasteiger partial charge >= 0.3 is 17.9 Å². The molecule has 6 aromatic rings. The third-order valence-corrected chi connectivity index (χ3v) is 17.5. The minimum atomic E-state index is -3.52. The van der Waals surface area contributed by atoms with Gasteiger partial charge in [0.15, 0.2) is 21.2 Å². The number of aromatic hydroxyl groups is 1. The number of aromatic nitrogens is 4. The average Bonchev–Trinajstić information content (AvgIpc) is 2.06. The Kier molecular flexibility index (Phi) is 24.3. The molecule has 2 N–H and O–H groups in total. The van der Waals surface area contributed by atoms with Gasteiger partial charge in [-0.1, -0.05) is 59.9 Å². The topological polar surface area (TPSA) is 285 Å². The summed E-state index contributed by atoms with van der Waals surface area (Å²) < 4.78 is 51.9. The van der Waals surface area contributed by atoms with Gasteiger partial charge in [-0.05, 0) is 178 Å². The van der Waals surface area contributed by atoms with Crippen molar-refractivity contribution < 1.29 is 56.5 Å². The molecule has 476 valence electrons. The first-order valence-corrected chi connectivity index (χ1v) is 33.0. The molecule has 0 radical (unpaired) electrons. The predicted octanol–water partition coefficient (Wildman–Crippen LogP) is 10.4. The second kappa shape index (κ2) is 30.3. The zero-order chi connectivity index (χ0) is 66.0. The molecule has 0 aliphatic carbocycles. The van der Waals surface area contributed by atoms with Crippen molar-refractivity contribution in [3.05, 3.63) is 143 Å². The quantitative estimate of drug-likeness (QED) is 0.0617. The second-order valence-corrected chi connectivity index (χ2v) is 26.9. The van der Waals surface area contributed by atoms with Crippen molar-refractivity contribution in [3.63, 3.8) is 0 Å². The van der Waals surface area contributed by atoms with E-state index in [0.717, 1.165) is 35.8 Å². The van der Waals surface area contributed by atoms with Gasteiger partial charge in [0.05, 0.1) is 85.0 Å². The summed E-state index contributed by atoms with van der Waals surface area (Å²) in [6.07, 6.45) is 4.54. The number of esters is 3. The lowest BCUT2D eigenvalue weighted by Crippen LogP contribution is -2.48. The number of benzene rings is 4. The van der Waals surface area contributed by atoms with E-state index in [4.69, 9.17) is 52.2 Å². The molecule has 0 amide bonds. The van der Waals surface area contributed by atoms with Gasteiger partial charge in [-0.15, -0.1) is 0 Å². The lowest BCUT2D eigenvalue weighted by molar-refractivity contribution is -0.148. The SMILES string of the molecule is CCOC(=O)C1=NN(c2ccc(Cl)cc2Cl)C(C)(C(=O)OCC)C1.CCc1cc(C)cc(CC)c1-c1c(OC(=O)C(C)(C)C)n2n(c1=O)CCOCC2.Cc1c(C(=O)c2c[nH]n(C)c2=O)ccc(S(C)(=O)=O)c1C1=NOCC1.N#Cc1cc(I)c(O)c(I)c1. The fraction of sp³-hybridized carbons (Fsp3) is 0.403. The maximum Gasteiger partial charge on any atom is 0.354 e. The molecule has 0 saturated carbocycles. The second-order valence-electron chi connectivity index (χ2n) is 21.8. The van der Waals surface area contributed by atoms with E-state index in [0.29, 0.717) is 96.0 Å². The number of carbonyl (C=O) groups excluding carboxylic acids is 4. The largest absolute Gasteiger partial charge is 0.506 e. The number of phenolic OH excluding ortho intramolecular Hbond substituents is 1. The summed E-state index contributed by atoms with van der Waals surface area (Å²) in [5, 5.41) is 30.8. The lowest BCUT2D eigenvalue weighted by atomic mass is 9.91. The van der Waals surface area contributed by atoms with Gasteiger partial charge < -0.3 is 34.0 Å². The van der Waals surface area contributed by atoms with Gasteiger partial charge in [0.2, 0.25) is 5.88 Å². The molecule has 2 aromatic heterocycles. The van der Waals surface area contributed by atoms with Crippen LogP contribution in [0.3, 0.4) is 0 Å². The highest BCUT2D eigenvalue weighted by Crippen LogP contribution is 2.40. The highest BCUT2D eigenvalue weighted by molar-refractivity contribution is 14.1. The number of carbonyl (C=O) groups is 4. The average molecular weight is 1510 g/mol. The summed E-state index contributed by atoms with van der Waals surface area (Å²) in [5.74, 6) is -1.30. The fourth-order valence-electron chi connectivity index (χ4n) is 9.69. The number of hydrogen-bond acceptors (Lipinski definition) is 18. The summed E-state index contributed by atoms with van der Waals surface area (Å²) >= 11 is 16.2. The number of rotatable bonds is 13. The predicted molar refractivity (Wildman–Crippen MR) is 355 cm³/mol. The van der Waals surface area contributed by atoms with Gasteiger partial charge in [0.1, 0.15) is 29.2 Å². The number of aromatic amines is 1. The van der Waals surface area contributed by atoms with Crippen LogP contribution in [0.4, 0.5) is 5.69 Å². The molecule has 3 aliphatic rings. The third-order valence-electron chi connectivity index (χ3n) is 14.2. The number of ether oxygens (including phenoxy) is 4. The van der Waals surface area contributed by atoms with E-state index < -0.39 is 44.1 Å². The van der Waals surface area contributed by atoms with Crippen molar-refractivity contribution in [3.8, 4) is 28.8 Å². The minimum Gasteiger partial charge on any atom is -0.506 e. The van der Waals surface area contributed by atoms with Crippen LogP contribution in [-0.2, 0) is 76.2 Å². The molecule has 5 heterocycles. The Morgan fingerprint density at radius 1 is 0.854 bits per heavy atom. The van der Waals surface area contributed by atoms with E-state index in [1.807, 2.05) is 72.0 Å². The van der Waals surface area contributed by atoms with E-state index in [1.165, 1.54) is 40.6 Å². The number of H-pyrrole nitrogens is 1. The van der Waals surface area contributed by atoms with Crippen molar-refractivity contribution in [1.82, 2.24) is 19.1 Å². The van der Waals surface area contributed by atoms with Crippen LogP contribution in [0.2, 0.25) is 10.0 Å². The molecule has 4 aromatic carbocycles. The first-order valence-electron chi connectivity index (χ1n) is 28.2. The maximum absolute atomic E-state index is 13.5. The zero-order valence-corrected chi connectivity index (χ0v) is 58.0. The normalized spacial score (nSPS) is 15.2. The van der Waals surface area contributed by atoms with Gasteiger partial charge in [-0.2, -0.15) is 10.4 Å². The van der Waals surface area contributed by atoms with E-state index in [1.54, 1.807) is 67.4 Å². The summed E-state index contributed by atoms with van der Waals surface area (Å²) in [7, 11) is -2.02. The molecule has 89 heavy (non-hydrogen) atoms. The number of aryl methyl sites for hydroxylation is 4. The van der Waals surface area contributed by atoms with E-state index in [9.17, 15) is 42.3 Å². The number of fused-ring (bicyclic) bond motifs is 1. The Labute approximate surface area is 553 Å². The van der Waals surface area contributed by atoms with Gasteiger partial charge in [0, 0.05) is 48.5 Å². The number of phenols is 1. The number of halogens is 4. The molecule has 27 heteroatoms. The van der Waals surface area contributed by atoms with Gasteiger partial charge in [-0.3, -0.25) is 23.9 Å². The van der Waals surface area contributed by atoms with Crippen LogP contribution >= 0.6 is 68.4 Å². The lowest BCUT2D eigenvalue weighted by Gasteiger charge is -2.32. The van der Waals surface area contributed by atoms with E-state index in [2.05, 4.69) is 48.3 Å². The van der Waals surface area contributed by atoms with Gasteiger partial charge in [-0.25, -0.2) is 32.4 Å². The molecular formula is C62H70Cl2I2N8O14S.